The van der Waals surface area contributed by atoms with Gasteiger partial charge < -0.3 is 33.4 Å². The van der Waals surface area contributed by atoms with Crippen LogP contribution in [0.5, 0.6) is 16.7 Å². The van der Waals surface area contributed by atoms with Gasteiger partial charge in [0, 0.05) is 43.4 Å². The van der Waals surface area contributed by atoms with Crippen molar-refractivity contribution in [3.05, 3.63) is 40.5 Å². The van der Waals surface area contributed by atoms with Gasteiger partial charge in [0.15, 0.2) is 5.76 Å². The number of likely N-dealkylation sites (tertiary alicyclic amines) is 1. The Morgan fingerprint density at radius 2 is 1.93 bits per heavy atom. The lowest BCUT2D eigenvalue weighted by molar-refractivity contribution is -0.0358. The number of carbonyl (C=O) groups is 1. The van der Waals surface area contributed by atoms with Crippen molar-refractivity contribution in [3.8, 4) is 28.1 Å². The van der Waals surface area contributed by atoms with Gasteiger partial charge in [0.25, 0.3) is 5.19 Å². The third kappa shape index (κ3) is 5.61. The number of thiazole rings is 1. The van der Waals surface area contributed by atoms with Crippen LogP contribution in [0.4, 0.5) is 4.79 Å². The van der Waals surface area contributed by atoms with Crippen LogP contribution in [0.2, 0.25) is 0 Å². The molecule has 0 unspecified atom stereocenters. The van der Waals surface area contributed by atoms with Gasteiger partial charge in [0.1, 0.15) is 45.6 Å². The maximum absolute atomic E-state index is 12.4. The lowest BCUT2D eigenvalue weighted by Gasteiger charge is -2.37. The van der Waals surface area contributed by atoms with Crippen LogP contribution in [0.1, 0.15) is 44.3 Å². The van der Waals surface area contributed by atoms with Crippen LogP contribution in [0.25, 0.3) is 27.4 Å². The Balaban J connectivity index is 1.16. The highest BCUT2D eigenvalue weighted by Crippen LogP contribution is 2.39. The quantitative estimate of drug-likeness (QED) is 0.252. The van der Waals surface area contributed by atoms with Gasteiger partial charge in [0.05, 0.1) is 31.5 Å². The lowest BCUT2D eigenvalue weighted by atomic mass is 9.92. The number of hydrogen-bond donors (Lipinski definition) is 1. The molecule has 1 fully saturated rings. The Bertz CT molecular complexity index is 1710. The van der Waals surface area contributed by atoms with E-state index in [1.54, 1.807) is 42.0 Å². The number of aliphatic hydroxyl groups is 1. The van der Waals surface area contributed by atoms with Crippen molar-refractivity contribution >= 4 is 44.7 Å². The Kier molecular flexibility index (Phi) is 7.23. The van der Waals surface area contributed by atoms with E-state index in [1.807, 2.05) is 32.2 Å². The Morgan fingerprint density at radius 1 is 1.14 bits per heavy atom. The molecule has 222 valence electrons. The number of benzene rings is 1. The van der Waals surface area contributed by atoms with Gasteiger partial charge >= 0.3 is 6.09 Å². The van der Waals surface area contributed by atoms with Crippen molar-refractivity contribution in [2.45, 2.75) is 51.4 Å². The molecule has 5 heterocycles. The number of piperidine rings is 1. The third-order valence-corrected chi connectivity index (χ3v) is 8.80. The standard InChI is InChI=1S/C28H31N5O7S2/c1-27(2,3)40-26(34)32-8-6-28(35,7-9-32)23-29-16(15-41-23)14-38-20-10-17(36-4)11-21-18(20)12-22(39-21)19-13-33-24(30-19)42-25(31-33)37-5/h10-13,15,35H,6-9,14H2,1-5H3. The van der Waals surface area contributed by atoms with Gasteiger partial charge in [-0.2, -0.15) is 0 Å². The summed E-state index contributed by atoms with van der Waals surface area (Å²) >= 11 is 2.72. The normalized spacial score (nSPS) is 15.3. The third-order valence-electron chi connectivity index (χ3n) is 6.83. The van der Waals surface area contributed by atoms with Crippen LogP contribution in [0, 0.1) is 0 Å². The molecule has 1 N–H and O–H groups in total. The fourth-order valence-corrected chi connectivity index (χ4v) is 6.33. The van der Waals surface area contributed by atoms with E-state index in [4.69, 9.17) is 23.4 Å². The lowest BCUT2D eigenvalue weighted by Crippen LogP contribution is -2.46. The Hall–Kier alpha value is -3.88. The Morgan fingerprint density at radius 3 is 2.62 bits per heavy atom. The molecule has 1 aliphatic heterocycles. The molecule has 0 bridgehead atoms. The molecule has 4 aromatic heterocycles. The van der Waals surface area contributed by atoms with Gasteiger partial charge in [-0.05, 0) is 38.2 Å². The zero-order valence-electron chi connectivity index (χ0n) is 23.9. The first kappa shape index (κ1) is 28.2. The monoisotopic (exact) mass is 613 g/mol. The summed E-state index contributed by atoms with van der Waals surface area (Å²) in [5.74, 6) is 1.72. The minimum absolute atomic E-state index is 0.184. The van der Waals surface area contributed by atoms with Gasteiger partial charge in [-0.3, -0.25) is 0 Å². The molecule has 6 rings (SSSR count). The molecular weight excluding hydrogens is 582 g/mol. The number of hydrogen-bond acceptors (Lipinski definition) is 12. The van der Waals surface area contributed by atoms with E-state index in [0.717, 1.165) is 5.39 Å². The predicted octanol–water partition coefficient (Wildman–Crippen LogP) is 5.48. The number of aromatic nitrogens is 4. The fraction of sp³-hybridized carbons (Fsp3) is 0.429. The molecule has 0 aliphatic carbocycles. The van der Waals surface area contributed by atoms with Crippen molar-refractivity contribution in [2.75, 3.05) is 27.3 Å². The molecular formula is C28H31N5O7S2. The zero-order chi connectivity index (χ0) is 29.6. The molecule has 1 amide bonds. The minimum atomic E-state index is -1.11. The van der Waals surface area contributed by atoms with Gasteiger partial charge in [0.2, 0.25) is 4.96 Å². The number of amides is 1. The molecule has 0 spiro atoms. The highest BCUT2D eigenvalue weighted by atomic mass is 32.1. The van der Waals surface area contributed by atoms with Crippen LogP contribution in [-0.2, 0) is 16.9 Å². The summed E-state index contributed by atoms with van der Waals surface area (Å²) in [5.41, 5.74) is 0.233. The largest absolute Gasteiger partial charge is 0.496 e. The maximum Gasteiger partial charge on any atom is 0.410 e. The van der Waals surface area contributed by atoms with Crippen LogP contribution >= 0.6 is 22.7 Å². The average molecular weight is 614 g/mol. The van der Waals surface area contributed by atoms with Gasteiger partial charge in [-0.1, -0.05) is 0 Å². The summed E-state index contributed by atoms with van der Waals surface area (Å²) < 4.78 is 30.1. The molecule has 1 saturated heterocycles. The molecule has 12 nitrogen and oxygen atoms in total. The molecule has 0 saturated carbocycles. The van der Waals surface area contributed by atoms with E-state index in [2.05, 4.69) is 15.1 Å². The summed E-state index contributed by atoms with van der Waals surface area (Å²) in [4.78, 5) is 24.0. The number of methoxy groups -OCH3 is 2. The van der Waals surface area contributed by atoms with Crippen molar-refractivity contribution in [1.29, 1.82) is 0 Å². The smallest absolute Gasteiger partial charge is 0.410 e. The molecule has 5 aromatic rings. The molecule has 14 heteroatoms. The summed E-state index contributed by atoms with van der Waals surface area (Å²) in [6.45, 7) is 6.47. The summed E-state index contributed by atoms with van der Waals surface area (Å²) in [7, 11) is 3.15. The average Bonchev–Trinajstić information content (AvgIpc) is 3.73. The second-order valence-corrected chi connectivity index (χ2v) is 12.8. The molecule has 0 radical (unpaired) electrons. The van der Waals surface area contributed by atoms with Crippen molar-refractivity contribution in [1.82, 2.24) is 24.5 Å². The summed E-state index contributed by atoms with van der Waals surface area (Å²) in [5, 5.41) is 19.4. The predicted molar refractivity (Wildman–Crippen MR) is 157 cm³/mol. The van der Waals surface area contributed by atoms with Gasteiger partial charge in [-0.15, -0.1) is 16.4 Å². The number of rotatable bonds is 7. The first-order chi connectivity index (χ1) is 20.0. The number of carbonyl (C=O) groups excluding carboxylic acids is 1. The molecule has 1 aliphatic rings. The number of ether oxygens (including phenoxy) is 4. The zero-order valence-corrected chi connectivity index (χ0v) is 25.5. The number of furan rings is 1. The SMILES string of the molecule is COc1cc(OCc2csc(C3(O)CCN(C(=O)OC(C)(C)C)CC3)n2)c2cc(-c3cn4nc(OC)sc4n3)oc2c1. The van der Waals surface area contributed by atoms with Crippen molar-refractivity contribution in [3.63, 3.8) is 0 Å². The van der Waals surface area contributed by atoms with Crippen molar-refractivity contribution < 1.29 is 33.3 Å². The summed E-state index contributed by atoms with van der Waals surface area (Å²) in [6.07, 6.45) is 2.17. The van der Waals surface area contributed by atoms with Crippen LogP contribution in [0.3, 0.4) is 0 Å². The summed E-state index contributed by atoms with van der Waals surface area (Å²) in [6, 6.07) is 5.47. The van der Waals surface area contributed by atoms with Crippen LogP contribution in [0.15, 0.2) is 34.2 Å². The number of fused-ring (bicyclic) bond motifs is 2. The first-order valence-corrected chi connectivity index (χ1v) is 15.0. The topological polar surface area (TPSA) is 134 Å². The van der Waals surface area contributed by atoms with Crippen LogP contribution in [-0.4, -0.2) is 68.6 Å². The highest BCUT2D eigenvalue weighted by Gasteiger charge is 2.39. The van der Waals surface area contributed by atoms with E-state index < -0.39 is 11.2 Å². The molecule has 42 heavy (non-hydrogen) atoms. The first-order valence-electron chi connectivity index (χ1n) is 13.3. The van der Waals surface area contributed by atoms with Crippen molar-refractivity contribution in [2.24, 2.45) is 0 Å². The number of nitrogens with zero attached hydrogens (tertiary/aromatic N) is 5. The maximum atomic E-state index is 12.4. The van der Waals surface area contributed by atoms with E-state index in [0.29, 0.717) is 75.3 Å². The minimum Gasteiger partial charge on any atom is -0.496 e. The highest BCUT2D eigenvalue weighted by molar-refractivity contribution is 7.18. The van der Waals surface area contributed by atoms with E-state index in [-0.39, 0.29) is 12.7 Å². The molecule has 1 aromatic carbocycles. The fourth-order valence-electron chi connectivity index (χ4n) is 4.67. The van der Waals surface area contributed by atoms with E-state index in [9.17, 15) is 9.90 Å². The Labute approximate surface area is 249 Å². The van der Waals surface area contributed by atoms with E-state index >= 15 is 0 Å². The van der Waals surface area contributed by atoms with Crippen LogP contribution < -0.4 is 14.2 Å². The number of imidazole rings is 1. The second kappa shape index (κ2) is 10.7. The van der Waals surface area contributed by atoms with Gasteiger partial charge in [-0.25, -0.2) is 19.3 Å². The van der Waals surface area contributed by atoms with E-state index in [1.165, 1.54) is 22.7 Å². The molecule has 0 atom stereocenters. The second-order valence-electron chi connectivity index (χ2n) is 11.0.